The number of aromatic nitrogens is 2. The van der Waals surface area contributed by atoms with Gasteiger partial charge in [-0.15, -0.1) is 0 Å². The Morgan fingerprint density at radius 3 is 2.53 bits per heavy atom. The Morgan fingerprint density at radius 1 is 1.00 bits per heavy atom. The van der Waals surface area contributed by atoms with Crippen molar-refractivity contribution in [2.24, 2.45) is 0 Å². The number of H-pyrrole nitrogens is 1. The molecular formula is C25H33N5O2. The number of carbonyl (C=O) groups excluding carboxylic acids is 1. The minimum Gasteiger partial charge on any atom is -0.445 e. The molecule has 3 N–H and O–H groups in total. The first kappa shape index (κ1) is 23.5. The van der Waals surface area contributed by atoms with Gasteiger partial charge in [0, 0.05) is 32.0 Å². The second-order valence-corrected chi connectivity index (χ2v) is 7.89. The first-order valence-corrected chi connectivity index (χ1v) is 11.1. The van der Waals surface area contributed by atoms with E-state index in [1.807, 2.05) is 36.5 Å². The SMILES string of the molecule is CN(CCCCNC(=O)OCc1ccccc1)Cc1ccc(CNCc2ncc[nH]2)cc1. The van der Waals surface area contributed by atoms with Gasteiger partial charge < -0.3 is 25.3 Å². The maximum atomic E-state index is 11.8. The summed E-state index contributed by atoms with van der Waals surface area (Å²) < 4.78 is 5.22. The van der Waals surface area contributed by atoms with Crippen molar-refractivity contribution in [2.75, 3.05) is 20.1 Å². The van der Waals surface area contributed by atoms with E-state index in [0.717, 1.165) is 50.4 Å². The Balaban J connectivity index is 1.23. The van der Waals surface area contributed by atoms with Gasteiger partial charge in [0.1, 0.15) is 12.4 Å². The lowest BCUT2D eigenvalue weighted by Gasteiger charge is -2.17. The number of nitrogens with one attached hydrogen (secondary N) is 3. The van der Waals surface area contributed by atoms with Gasteiger partial charge in [-0.05, 0) is 43.1 Å². The fourth-order valence-electron chi connectivity index (χ4n) is 3.34. The van der Waals surface area contributed by atoms with E-state index in [4.69, 9.17) is 4.74 Å². The van der Waals surface area contributed by atoms with Gasteiger partial charge in [0.05, 0.1) is 6.54 Å². The lowest BCUT2D eigenvalue weighted by atomic mass is 10.1. The molecule has 0 unspecified atom stereocenters. The Morgan fingerprint density at radius 2 is 1.78 bits per heavy atom. The number of ether oxygens (including phenoxy) is 1. The fraction of sp³-hybridized carbons (Fsp3) is 0.360. The molecule has 7 nitrogen and oxygen atoms in total. The maximum absolute atomic E-state index is 11.8. The molecule has 0 aliphatic rings. The predicted octanol–water partition coefficient (Wildman–Crippen LogP) is 3.84. The summed E-state index contributed by atoms with van der Waals surface area (Å²) >= 11 is 0. The standard InChI is InChI=1S/C25H33N5O2/c1-30(16-6-5-13-29-25(31)32-20-23-7-3-2-4-8-23)19-22-11-9-21(10-12-22)17-26-18-24-27-14-15-28-24/h2-4,7-12,14-15,26H,5-6,13,16-20H2,1H3,(H,27,28)(H,29,31). The summed E-state index contributed by atoms with van der Waals surface area (Å²) in [6.45, 7) is 4.37. The van der Waals surface area contributed by atoms with Gasteiger partial charge in [0.2, 0.25) is 0 Å². The van der Waals surface area contributed by atoms with Crippen LogP contribution in [0.2, 0.25) is 0 Å². The van der Waals surface area contributed by atoms with E-state index in [9.17, 15) is 4.79 Å². The quantitative estimate of drug-likeness (QED) is 0.356. The van der Waals surface area contributed by atoms with Crippen LogP contribution >= 0.6 is 0 Å². The highest BCUT2D eigenvalue weighted by Gasteiger charge is 2.04. The molecule has 1 aromatic heterocycles. The van der Waals surface area contributed by atoms with Gasteiger partial charge in [-0.3, -0.25) is 0 Å². The van der Waals surface area contributed by atoms with Gasteiger partial charge in [-0.25, -0.2) is 9.78 Å². The highest BCUT2D eigenvalue weighted by Crippen LogP contribution is 2.08. The van der Waals surface area contributed by atoms with E-state index >= 15 is 0 Å². The number of imidazole rings is 1. The number of nitrogens with zero attached hydrogens (tertiary/aromatic N) is 2. The van der Waals surface area contributed by atoms with Gasteiger partial charge in [0.15, 0.2) is 0 Å². The average molecular weight is 436 g/mol. The molecule has 0 aliphatic carbocycles. The van der Waals surface area contributed by atoms with Crippen LogP contribution in [0.5, 0.6) is 0 Å². The van der Waals surface area contributed by atoms with Crippen LogP contribution < -0.4 is 10.6 Å². The molecular weight excluding hydrogens is 402 g/mol. The van der Waals surface area contributed by atoms with Crippen molar-refractivity contribution in [3.05, 3.63) is 89.5 Å². The maximum Gasteiger partial charge on any atom is 0.407 e. The van der Waals surface area contributed by atoms with E-state index < -0.39 is 0 Å². The Labute approximate surface area is 190 Å². The lowest BCUT2D eigenvalue weighted by Crippen LogP contribution is -2.26. The molecule has 0 radical (unpaired) electrons. The number of amides is 1. The van der Waals surface area contributed by atoms with Crippen LogP contribution in [0.4, 0.5) is 4.79 Å². The number of benzene rings is 2. The summed E-state index contributed by atoms with van der Waals surface area (Å²) in [5.74, 6) is 0.947. The second kappa shape index (κ2) is 13.3. The van der Waals surface area contributed by atoms with Gasteiger partial charge >= 0.3 is 6.09 Å². The summed E-state index contributed by atoms with van der Waals surface area (Å²) in [7, 11) is 2.13. The van der Waals surface area contributed by atoms with Crippen molar-refractivity contribution in [2.45, 2.75) is 39.1 Å². The monoisotopic (exact) mass is 435 g/mol. The van der Waals surface area contributed by atoms with Gasteiger partial charge in [0.25, 0.3) is 0 Å². The minimum atomic E-state index is -0.360. The number of aromatic amines is 1. The molecule has 2 aromatic carbocycles. The Kier molecular flexibility index (Phi) is 9.76. The molecule has 0 atom stereocenters. The van der Waals surface area contributed by atoms with Crippen LogP contribution in [0, 0.1) is 0 Å². The van der Waals surface area contributed by atoms with E-state index in [2.05, 4.69) is 56.8 Å². The third kappa shape index (κ3) is 8.91. The molecule has 1 heterocycles. The number of rotatable bonds is 13. The number of alkyl carbamates (subject to hydrolysis) is 1. The van der Waals surface area contributed by atoms with Crippen LogP contribution in [-0.2, 0) is 31.0 Å². The smallest absolute Gasteiger partial charge is 0.407 e. The van der Waals surface area contributed by atoms with Crippen molar-refractivity contribution >= 4 is 6.09 Å². The van der Waals surface area contributed by atoms with Crippen LogP contribution in [-0.4, -0.2) is 41.1 Å². The summed E-state index contributed by atoms with van der Waals surface area (Å²) in [6.07, 6.45) is 5.18. The summed E-state index contributed by atoms with van der Waals surface area (Å²) in [5.41, 5.74) is 3.54. The number of unbranched alkanes of at least 4 members (excludes halogenated alkanes) is 1. The molecule has 0 aliphatic heterocycles. The molecule has 3 rings (SSSR count). The summed E-state index contributed by atoms with van der Waals surface area (Å²) in [6, 6.07) is 18.4. The Bertz CT molecular complexity index is 898. The van der Waals surface area contributed by atoms with Crippen LogP contribution in [0.25, 0.3) is 0 Å². The molecule has 32 heavy (non-hydrogen) atoms. The molecule has 7 heteroatoms. The zero-order valence-electron chi connectivity index (χ0n) is 18.7. The molecule has 0 fully saturated rings. The van der Waals surface area contributed by atoms with E-state index in [0.29, 0.717) is 13.2 Å². The summed E-state index contributed by atoms with van der Waals surface area (Å²) in [5, 5.41) is 6.20. The van der Waals surface area contributed by atoms with Crippen molar-refractivity contribution < 1.29 is 9.53 Å². The topological polar surface area (TPSA) is 82.3 Å². The molecule has 0 saturated carbocycles. The van der Waals surface area contributed by atoms with Crippen LogP contribution in [0.15, 0.2) is 67.0 Å². The molecule has 170 valence electrons. The van der Waals surface area contributed by atoms with Crippen LogP contribution in [0.1, 0.15) is 35.4 Å². The number of carbonyl (C=O) groups is 1. The number of hydrogen-bond acceptors (Lipinski definition) is 5. The average Bonchev–Trinajstić information content (AvgIpc) is 3.33. The molecule has 0 spiro atoms. The minimum absolute atomic E-state index is 0.300. The van der Waals surface area contributed by atoms with Crippen molar-refractivity contribution in [1.82, 2.24) is 25.5 Å². The molecule has 0 saturated heterocycles. The van der Waals surface area contributed by atoms with Crippen LogP contribution in [0.3, 0.4) is 0 Å². The van der Waals surface area contributed by atoms with Gasteiger partial charge in [-0.1, -0.05) is 54.6 Å². The highest BCUT2D eigenvalue weighted by molar-refractivity contribution is 5.67. The highest BCUT2D eigenvalue weighted by atomic mass is 16.5. The zero-order valence-corrected chi connectivity index (χ0v) is 18.7. The lowest BCUT2D eigenvalue weighted by molar-refractivity contribution is 0.139. The molecule has 1 amide bonds. The first-order chi connectivity index (χ1) is 15.7. The third-order valence-electron chi connectivity index (χ3n) is 5.10. The number of hydrogen-bond donors (Lipinski definition) is 3. The normalized spacial score (nSPS) is 10.9. The molecule has 3 aromatic rings. The predicted molar refractivity (Wildman–Crippen MR) is 126 cm³/mol. The van der Waals surface area contributed by atoms with E-state index in [1.165, 1.54) is 11.1 Å². The molecule has 0 bridgehead atoms. The van der Waals surface area contributed by atoms with E-state index in [-0.39, 0.29) is 6.09 Å². The zero-order chi connectivity index (χ0) is 22.4. The van der Waals surface area contributed by atoms with Crippen molar-refractivity contribution in [1.29, 1.82) is 0 Å². The summed E-state index contributed by atoms with van der Waals surface area (Å²) in [4.78, 5) is 21.4. The van der Waals surface area contributed by atoms with E-state index in [1.54, 1.807) is 6.20 Å². The van der Waals surface area contributed by atoms with Crippen molar-refractivity contribution in [3.8, 4) is 0 Å². The first-order valence-electron chi connectivity index (χ1n) is 11.1. The second-order valence-electron chi connectivity index (χ2n) is 7.89. The Hall–Kier alpha value is -3.16. The van der Waals surface area contributed by atoms with Gasteiger partial charge in [-0.2, -0.15) is 0 Å². The van der Waals surface area contributed by atoms with Crippen molar-refractivity contribution in [3.63, 3.8) is 0 Å². The fourth-order valence-corrected chi connectivity index (χ4v) is 3.34. The third-order valence-corrected chi connectivity index (χ3v) is 5.10. The largest absolute Gasteiger partial charge is 0.445 e.